The van der Waals surface area contributed by atoms with E-state index in [2.05, 4.69) is 17.0 Å². The second-order valence-corrected chi connectivity index (χ2v) is 4.99. The standard InChI is InChI=1S/C15H23NO2/c1-3-13(17)11-16-10-4-5-15(16)12-6-8-14(18-2)9-7-12/h6-9,13,15,17H,3-5,10-11H2,1-2H3/t13-,15?/m1/s1. The van der Waals surface area contributed by atoms with Crippen LogP contribution in [0, 0.1) is 0 Å². The zero-order valence-electron chi connectivity index (χ0n) is 11.3. The lowest BCUT2D eigenvalue weighted by Crippen LogP contribution is -2.31. The molecule has 1 aliphatic rings. The van der Waals surface area contributed by atoms with E-state index in [1.54, 1.807) is 7.11 Å². The molecule has 1 N–H and O–H groups in total. The molecule has 0 amide bonds. The molecule has 0 spiro atoms. The molecular formula is C15H23NO2. The third-order valence-electron chi connectivity index (χ3n) is 3.78. The highest BCUT2D eigenvalue weighted by molar-refractivity contribution is 5.29. The molecule has 1 fully saturated rings. The predicted molar refractivity (Wildman–Crippen MR) is 72.8 cm³/mol. The van der Waals surface area contributed by atoms with Gasteiger partial charge in [0.2, 0.25) is 0 Å². The topological polar surface area (TPSA) is 32.7 Å². The maximum Gasteiger partial charge on any atom is 0.118 e. The van der Waals surface area contributed by atoms with Crippen molar-refractivity contribution in [2.75, 3.05) is 20.2 Å². The van der Waals surface area contributed by atoms with Crippen molar-refractivity contribution in [1.82, 2.24) is 4.90 Å². The first kappa shape index (κ1) is 13.4. The Hall–Kier alpha value is -1.06. The lowest BCUT2D eigenvalue weighted by Gasteiger charge is -2.26. The van der Waals surface area contributed by atoms with Crippen molar-refractivity contribution < 1.29 is 9.84 Å². The highest BCUT2D eigenvalue weighted by atomic mass is 16.5. The van der Waals surface area contributed by atoms with Crippen molar-refractivity contribution in [3.8, 4) is 5.75 Å². The van der Waals surface area contributed by atoms with Crippen LogP contribution in [-0.4, -0.2) is 36.3 Å². The van der Waals surface area contributed by atoms with E-state index in [0.29, 0.717) is 6.04 Å². The van der Waals surface area contributed by atoms with E-state index in [0.717, 1.165) is 25.3 Å². The summed E-state index contributed by atoms with van der Waals surface area (Å²) in [5, 5.41) is 9.80. The zero-order valence-corrected chi connectivity index (χ0v) is 11.3. The number of likely N-dealkylation sites (tertiary alicyclic amines) is 1. The Morgan fingerprint density at radius 2 is 2.11 bits per heavy atom. The van der Waals surface area contributed by atoms with Gasteiger partial charge in [-0.25, -0.2) is 0 Å². The minimum absolute atomic E-state index is 0.205. The van der Waals surface area contributed by atoms with Gasteiger partial charge in [0, 0.05) is 12.6 Å². The lowest BCUT2D eigenvalue weighted by molar-refractivity contribution is 0.103. The molecule has 2 rings (SSSR count). The molecule has 3 heteroatoms. The fourth-order valence-corrected chi connectivity index (χ4v) is 2.65. The van der Waals surface area contributed by atoms with Crippen molar-refractivity contribution in [3.63, 3.8) is 0 Å². The third kappa shape index (κ3) is 3.03. The van der Waals surface area contributed by atoms with Crippen LogP contribution in [0.4, 0.5) is 0 Å². The quantitative estimate of drug-likeness (QED) is 0.870. The molecule has 0 aliphatic carbocycles. The Balaban J connectivity index is 2.05. The molecule has 1 aromatic carbocycles. The van der Waals surface area contributed by atoms with Crippen molar-refractivity contribution in [3.05, 3.63) is 29.8 Å². The number of aliphatic hydroxyl groups is 1. The molecule has 0 radical (unpaired) electrons. The summed E-state index contributed by atoms with van der Waals surface area (Å²) in [5.74, 6) is 0.900. The van der Waals surface area contributed by atoms with E-state index >= 15 is 0 Å². The minimum Gasteiger partial charge on any atom is -0.497 e. The van der Waals surface area contributed by atoms with Crippen LogP contribution in [0.15, 0.2) is 24.3 Å². The smallest absolute Gasteiger partial charge is 0.118 e. The van der Waals surface area contributed by atoms with Crippen LogP contribution in [0.5, 0.6) is 5.75 Å². The lowest BCUT2D eigenvalue weighted by atomic mass is 10.0. The van der Waals surface area contributed by atoms with Crippen LogP contribution in [0.25, 0.3) is 0 Å². The molecule has 1 heterocycles. The number of aliphatic hydroxyl groups excluding tert-OH is 1. The van der Waals surface area contributed by atoms with Crippen molar-refractivity contribution in [2.24, 2.45) is 0 Å². The van der Waals surface area contributed by atoms with Gasteiger partial charge in [-0.3, -0.25) is 4.90 Å². The van der Waals surface area contributed by atoms with Crippen LogP contribution in [0.1, 0.15) is 37.8 Å². The van der Waals surface area contributed by atoms with Gasteiger partial charge < -0.3 is 9.84 Å². The molecule has 1 aliphatic heterocycles. The average molecular weight is 249 g/mol. The van der Waals surface area contributed by atoms with E-state index in [1.165, 1.54) is 18.4 Å². The van der Waals surface area contributed by atoms with Crippen LogP contribution in [-0.2, 0) is 0 Å². The van der Waals surface area contributed by atoms with Gasteiger partial charge in [-0.05, 0) is 43.5 Å². The summed E-state index contributed by atoms with van der Waals surface area (Å²) >= 11 is 0. The third-order valence-corrected chi connectivity index (χ3v) is 3.78. The first-order chi connectivity index (χ1) is 8.74. The number of hydrogen-bond acceptors (Lipinski definition) is 3. The van der Waals surface area contributed by atoms with Gasteiger partial charge in [-0.2, -0.15) is 0 Å². The summed E-state index contributed by atoms with van der Waals surface area (Å²) in [7, 11) is 1.69. The zero-order chi connectivity index (χ0) is 13.0. The van der Waals surface area contributed by atoms with Crippen LogP contribution in [0.2, 0.25) is 0 Å². The first-order valence-corrected chi connectivity index (χ1v) is 6.80. The summed E-state index contributed by atoms with van der Waals surface area (Å²) in [6.07, 6.45) is 3.02. The van der Waals surface area contributed by atoms with Crippen molar-refractivity contribution in [1.29, 1.82) is 0 Å². The summed E-state index contributed by atoms with van der Waals surface area (Å²) < 4.78 is 5.19. The second-order valence-electron chi connectivity index (χ2n) is 4.99. The number of hydrogen-bond donors (Lipinski definition) is 1. The number of ether oxygens (including phenoxy) is 1. The van der Waals surface area contributed by atoms with E-state index in [9.17, 15) is 5.11 Å². The number of nitrogens with zero attached hydrogens (tertiary/aromatic N) is 1. The fraction of sp³-hybridized carbons (Fsp3) is 0.600. The predicted octanol–water partition coefficient (Wildman–Crippen LogP) is 2.60. The summed E-state index contributed by atoms with van der Waals surface area (Å²) in [5.41, 5.74) is 1.33. The SMILES string of the molecule is CC[C@@H](O)CN1CCCC1c1ccc(OC)cc1. The summed E-state index contributed by atoms with van der Waals surface area (Å²) in [6, 6.07) is 8.77. The first-order valence-electron chi connectivity index (χ1n) is 6.80. The molecule has 1 aromatic rings. The average Bonchev–Trinajstić information content (AvgIpc) is 2.86. The number of rotatable bonds is 5. The minimum atomic E-state index is -0.205. The molecule has 18 heavy (non-hydrogen) atoms. The van der Waals surface area contributed by atoms with Crippen LogP contribution >= 0.6 is 0 Å². The van der Waals surface area contributed by atoms with Gasteiger partial charge in [-0.15, -0.1) is 0 Å². The molecule has 0 aromatic heterocycles. The highest BCUT2D eigenvalue weighted by Gasteiger charge is 2.26. The molecule has 0 bridgehead atoms. The number of methoxy groups -OCH3 is 1. The Morgan fingerprint density at radius 1 is 1.39 bits per heavy atom. The number of benzene rings is 1. The Labute approximate surface area is 109 Å². The van der Waals surface area contributed by atoms with Gasteiger partial charge in [0.15, 0.2) is 0 Å². The summed E-state index contributed by atoms with van der Waals surface area (Å²) in [6.45, 7) is 3.91. The van der Waals surface area contributed by atoms with Gasteiger partial charge in [0.1, 0.15) is 5.75 Å². The van der Waals surface area contributed by atoms with E-state index in [-0.39, 0.29) is 6.10 Å². The number of β-amino-alcohol motifs (C(OH)–C–C–N with tert-alkyl or cyclic N) is 1. The molecule has 1 saturated heterocycles. The fourth-order valence-electron chi connectivity index (χ4n) is 2.65. The van der Waals surface area contributed by atoms with Crippen molar-refractivity contribution in [2.45, 2.75) is 38.3 Å². The largest absolute Gasteiger partial charge is 0.497 e. The van der Waals surface area contributed by atoms with Gasteiger partial charge in [-0.1, -0.05) is 19.1 Å². The maximum absolute atomic E-state index is 9.80. The van der Waals surface area contributed by atoms with Gasteiger partial charge in [0.05, 0.1) is 13.2 Å². The Bertz CT molecular complexity index is 363. The molecule has 1 unspecified atom stereocenters. The molecule has 3 nitrogen and oxygen atoms in total. The van der Waals surface area contributed by atoms with Gasteiger partial charge in [0.25, 0.3) is 0 Å². The van der Waals surface area contributed by atoms with Crippen LogP contribution in [0.3, 0.4) is 0 Å². The molecular weight excluding hydrogens is 226 g/mol. The van der Waals surface area contributed by atoms with Crippen LogP contribution < -0.4 is 4.74 Å². The molecule has 2 atom stereocenters. The molecule has 100 valence electrons. The van der Waals surface area contributed by atoms with E-state index < -0.39 is 0 Å². The highest BCUT2D eigenvalue weighted by Crippen LogP contribution is 2.32. The monoisotopic (exact) mass is 249 g/mol. The molecule has 0 saturated carbocycles. The van der Waals surface area contributed by atoms with Gasteiger partial charge >= 0.3 is 0 Å². The van der Waals surface area contributed by atoms with E-state index in [1.807, 2.05) is 19.1 Å². The Morgan fingerprint density at radius 3 is 2.72 bits per heavy atom. The maximum atomic E-state index is 9.80. The Kier molecular flexibility index (Phi) is 4.61. The van der Waals surface area contributed by atoms with E-state index in [4.69, 9.17) is 4.74 Å². The second kappa shape index (κ2) is 6.21. The normalized spacial score (nSPS) is 22.1. The van der Waals surface area contributed by atoms with Crippen molar-refractivity contribution >= 4 is 0 Å². The summed E-state index contributed by atoms with van der Waals surface area (Å²) in [4.78, 5) is 2.40.